The first-order valence-electron chi connectivity index (χ1n) is 6.09. The van der Waals surface area contributed by atoms with Gasteiger partial charge >= 0.3 is 5.97 Å². The highest BCUT2D eigenvalue weighted by molar-refractivity contribution is 5.69. The van der Waals surface area contributed by atoms with Gasteiger partial charge in [0.1, 0.15) is 0 Å². The highest BCUT2D eigenvalue weighted by atomic mass is 16.5. The van der Waals surface area contributed by atoms with Crippen molar-refractivity contribution in [3.8, 4) is 0 Å². The largest absolute Gasteiger partial charge is 0.465 e. The van der Waals surface area contributed by atoms with Crippen LogP contribution in [-0.2, 0) is 9.53 Å². The third-order valence-corrected chi connectivity index (χ3v) is 3.01. The molecular formula is C12H23NO2. The molecule has 0 saturated heterocycles. The Morgan fingerprint density at radius 1 is 1.40 bits per heavy atom. The van der Waals surface area contributed by atoms with Crippen molar-refractivity contribution >= 4 is 5.97 Å². The average molecular weight is 213 g/mol. The first-order valence-corrected chi connectivity index (χ1v) is 6.09. The maximum atomic E-state index is 11.3. The van der Waals surface area contributed by atoms with Gasteiger partial charge in [0.15, 0.2) is 0 Å². The fourth-order valence-corrected chi connectivity index (χ4v) is 1.98. The smallest absolute Gasteiger partial charge is 0.305 e. The molecule has 3 nitrogen and oxygen atoms in total. The Morgan fingerprint density at radius 2 is 2.07 bits per heavy atom. The molecule has 0 aromatic heterocycles. The molecule has 1 unspecified atom stereocenters. The van der Waals surface area contributed by atoms with Crippen LogP contribution in [0, 0.1) is 5.92 Å². The Bertz CT molecular complexity index is 186. The molecule has 0 aromatic carbocycles. The van der Waals surface area contributed by atoms with Crippen LogP contribution in [0.1, 0.15) is 51.9 Å². The highest BCUT2D eigenvalue weighted by Gasteiger charge is 2.15. The van der Waals surface area contributed by atoms with Gasteiger partial charge in [-0.3, -0.25) is 4.79 Å². The minimum Gasteiger partial charge on any atom is -0.465 e. The normalized spacial score (nSPS) is 19.9. The molecule has 0 radical (unpaired) electrons. The fraction of sp³-hybridized carbons (Fsp3) is 0.917. The molecule has 0 bridgehead atoms. The summed E-state index contributed by atoms with van der Waals surface area (Å²) in [5.41, 5.74) is 5.57. The van der Waals surface area contributed by atoms with Gasteiger partial charge in [-0.1, -0.05) is 19.3 Å². The molecule has 1 rings (SSSR count). The zero-order valence-electron chi connectivity index (χ0n) is 9.71. The lowest BCUT2D eigenvalue weighted by molar-refractivity contribution is -0.145. The third kappa shape index (κ3) is 5.78. The zero-order chi connectivity index (χ0) is 11.1. The van der Waals surface area contributed by atoms with Gasteiger partial charge < -0.3 is 10.5 Å². The molecule has 0 heterocycles. The Labute approximate surface area is 92.4 Å². The Kier molecular flexibility index (Phi) is 5.69. The number of nitrogens with two attached hydrogens (primary N) is 1. The van der Waals surface area contributed by atoms with Crippen molar-refractivity contribution in [1.29, 1.82) is 0 Å². The van der Waals surface area contributed by atoms with Crippen LogP contribution in [0.25, 0.3) is 0 Å². The number of carbonyl (C=O) groups is 1. The van der Waals surface area contributed by atoms with Crippen molar-refractivity contribution in [2.75, 3.05) is 6.61 Å². The molecule has 0 aromatic rings. The molecule has 3 heteroatoms. The van der Waals surface area contributed by atoms with E-state index >= 15 is 0 Å². The van der Waals surface area contributed by atoms with Gasteiger partial charge in [0.25, 0.3) is 0 Å². The van der Waals surface area contributed by atoms with E-state index in [0.717, 1.165) is 6.42 Å². The fourth-order valence-electron chi connectivity index (χ4n) is 1.98. The topological polar surface area (TPSA) is 52.3 Å². The first kappa shape index (κ1) is 12.5. The zero-order valence-corrected chi connectivity index (χ0v) is 9.71. The van der Waals surface area contributed by atoms with Gasteiger partial charge in [-0.25, -0.2) is 0 Å². The van der Waals surface area contributed by atoms with E-state index < -0.39 is 0 Å². The van der Waals surface area contributed by atoms with Crippen LogP contribution in [0.3, 0.4) is 0 Å². The Hall–Kier alpha value is -0.570. The van der Waals surface area contributed by atoms with Crippen molar-refractivity contribution < 1.29 is 9.53 Å². The standard InChI is InChI=1S/C12H23NO2/c1-10(13)7-8-12(14)15-9-11-5-3-2-4-6-11/h10-11H,2-9,13H2,1H3. The Morgan fingerprint density at radius 3 is 2.67 bits per heavy atom. The number of rotatable bonds is 5. The Balaban J connectivity index is 2.05. The van der Waals surface area contributed by atoms with Crippen molar-refractivity contribution in [3.63, 3.8) is 0 Å². The molecule has 15 heavy (non-hydrogen) atoms. The first-order chi connectivity index (χ1) is 7.18. The molecule has 1 aliphatic rings. The molecule has 1 atom stereocenters. The minimum absolute atomic E-state index is 0.0853. The quantitative estimate of drug-likeness (QED) is 0.712. The average Bonchev–Trinajstić information content (AvgIpc) is 2.25. The van der Waals surface area contributed by atoms with Crippen molar-refractivity contribution in [3.05, 3.63) is 0 Å². The SMILES string of the molecule is CC(N)CCC(=O)OCC1CCCCC1. The summed E-state index contributed by atoms with van der Waals surface area (Å²) in [7, 11) is 0. The van der Waals surface area contributed by atoms with Crippen LogP contribution in [-0.4, -0.2) is 18.6 Å². The van der Waals surface area contributed by atoms with Crippen LogP contribution >= 0.6 is 0 Å². The second-order valence-electron chi connectivity index (χ2n) is 4.70. The van der Waals surface area contributed by atoms with Gasteiger partial charge in [-0.05, 0) is 32.1 Å². The van der Waals surface area contributed by atoms with Crippen LogP contribution in [0.15, 0.2) is 0 Å². The molecule has 1 fully saturated rings. The lowest BCUT2D eigenvalue weighted by Gasteiger charge is -2.21. The second kappa shape index (κ2) is 6.83. The highest BCUT2D eigenvalue weighted by Crippen LogP contribution is 2.23. The number of ether oxygens (including phenoxy) is 1. The minimum atomic E-state index is -0.0853. The van der Waals surface area contributed by atoms with Gasteiger partial charge in [0, 0.05) is 12.5 Å². The maximum absolute atomic E-state index is 11.3. The number of hydrogen-bond acceptors (Lipinski definition) is 3. The monoisotopic (exact) mass is 213 g/mol. The number of carbonyl (C=O) groups excluding carboxylic acids is 1. The third-order valence-electron chi connectivity index (χ3n) is 3.01. The van der Waals surface area contributed by atoms with Crippen LogP contribution in [0.2, 0.25) is 0 Å². The summed E-state index contributed by atoms with van der Waals surface area (Å²) < 4.78 is 5.24. The van der Waals surface area contributed by atoms with E-state index in [0.29, 0.717) is 18.9 Å². The molecule has 0 amide bonds. The summed E-state index contributed by atoms with van der Waals surface area (Å²) in [6.07, 6.45) is 7.56. The van der Waals surface area contributed by atoms with Crippen LogP contribution in [0.4, 0.5) is 0 Å². The summed E-state index contributed by atoms with van der Waals surface area (Å²) in [6.45, 7) is 2.53. The molecule has 1 saturated carbocycles. The second-order valence-corrected chi connectivity index (χ2v) is 4.70. The van der Waals surface area contributed by atoms with E-state index in [2.05, 4.69) is 0 Å². The lowest BCUT2D eigenvalue weighted by atomic mass is 9.90. The lowest BCUT2D eigenvalue weighted by Crippen LogP contribution is -2.20. The maximum Gasteiger partial charge on any atom is 0.305 e. The summed E-state index contributed by atoms with van der Waals surface area (Å²) in [4.78, 5) is 11.3. The van der Waals surface area contributed by atoms with Crippen molar-refractivity contribution in [1.82, 2.24) is 0 Å². The number of hydrogen-bond donors (Lipinski definition) is 1. The molecule has 1 aliphatic carbocycles. The molecule has 2 N–H and O–H groups in total. The van der Waals surface area contributed by atoms with Crippen LogP contribution in [0.5, 0.6) is 0 Å². The van der Waals surface area contributed by atoms with Crippen LogP contribution < -0.4 is 5.73 Å². The molecule has 0 aliphatic heterocycles. The van der Waals surface area contributed by atoms with E-state index in [1.54, 1.807) is 0 Å². The summed E-state index contributed by atoms with van der Waals surface area (Å²) in [5.74, 6) is 0.524. The van der Waals surface area contributed by atoms with E-state index in [9.17, 15) is 4.79 Å². The van der Waals surface area contributed by atoms with Gasteiger partial charge in [0.05, 0.1) is 6.61 Å². The summed E-state index contributed by atoms with van der Waals surface area (Å²) in [5, 5.41) is 0. The predicted octanol–water partition coefficient (Wildman–Crippen LogP) is 2.24. The van der Waals surface area contributed by atoms with E-state index in [4.69, 9.17) is 10.5 Å². The van der Waals surface area contributed by atoms with Crippen molar-refractivity contribution in [2.24, 2.45) is 11.7 Å². The van der Waals surface area contributed by atoms with Gasteiger partial charge in [-0.2, -0.15) is 0 Å². The van der Waals surface area contributed by atoms with E-state index in [-0.39, 0.29) is 12.0 Å². The molecular weight excluding hydrogens is 190 g/mol. The van der Waals surface area contributed by atoms with Gasteiger partial charge in [0.2, 0.25) is 0 Å². The van der Waals surface area contributed by atoms with E-state index in [1.807, 2.05) is 6.92 Å². The summed E-state index contributed by atoms with van der Waals surface area (Å²) in [6, 6.07) is 0.0900. The van der Waals surface area contributed by atoms with Gasteiger partial charge in [-0.15, -0.1) is 0 Å². The molecule has 88 valence electrons. The molecule has 0 spiro atoms. The predicted molar refractivity (Wildman–Crippen MR) is 60.4 cm³/mol. The van der Waals surface area contributed by atoms with Crippen molar-refractivity contribution in [2.45, 2.75) is 57.9 Å². The van der Waals surface area contributed by atoms with E-state index in [1.165, 1.54) is 32.1 Å². The number of esters is 1. The summed E-state index contributed by atoms with van der Waals surface area (Å²) >= 11 is 0.